The summed E-state index contributed by atoms with van der Waals surface area (Å²) >= 11 is 6.80. The molecule has 1 aromatic heterocycles. The highest BCUT2D eigenvalue weighted by molar-refractivity contribution is 7.91. The molecule has 0 bridgehead atoms. The normalized spacial score (nSPS) is 19.7. The molecule has 2 aliphatic heterocycles. The summed E-state index contributed by atoms with van der Waals surface area (Å²) < 4.78 is 27.4. The van der Waals surface area contributed by atoms with Gasteiger partial charge in [-0.15, -0.1) is 11.3 Å². The summed E-state index contributed by atoms with van der Waals surface area (Å²) in [5.74, 6) is -1.33. The van der Waals surface area contributed by atoms with Gasteiger partial charge >= 0.3 is 0 Å². The Kier molecular flexibility index (Phi) is 4.97. The van der Waals surface area contributed by atoms with E-state index in [0.717, 1.165) is 16.2 Å². The number of imide groups is 1. The molecule has 0 aliphatic carbocycles. The molecule has 8 nitrogen and oxygen atoms in total. The molecule has 3 amide bonds. The summed E-state index contributed by atoms with van der Waals surface area (Å²) in [4.78, 5) is 37.9. The second-order valence-corrected chi connectivity index (χ2v) is 10.6. The lowest BCUT2D eigenvalue weighted by atomic mass is 10.1. The van der Waals surface area contributed by atoms with Crippen LogP contribution in [0.15, 0.2) is 34.5 Å². The summed E-state index contributed by atoms with van der Waals surface area (Å²) in [5.41, 5.74) is 0.809. The van der Waals surface area contributed by atoms with E-state index in [9.17, 15) is 22.8 Å². The Morgan fingerprint density at radius 1 is 1.17 bits per heavy atom. The van der Waals surface area contributed by atoms with Crippen LogP contribution < -0.4 is 5.32 Å². The second kappa shape index (κ2) is 7.21. The summed E-state index contributed by atoms with van der Waals surface area (Å²) in [5, 5.41) is 2.67. The number of carbonyl (C=O) groups is 3. The van der Waals surface area contributed by atoms with Crippen molar-refractivity contribution >= 4 is 56.4 Å². The maximum Gasteiger partial charge on any atom is 0.261 e. The summed E-state index contributed by atoms with van der Waals surface area (Å²) in [6.45, 7) is 0.234. The Hall–Kier alpha value is -2.27. The predicted octanol–water partition coefficient (Wildman–Crippen LogP) is 2.42. The van der Waals surface area contributed by atoms with Gasteiger partial charge in [-0.05, 0) is 43.2 Å². The fourth-order valence-corrected chi connectivity index (χ4v) is 6.77. The lowest BCUT2D eigenvalue weighted by molar-refractivity contribution is -0.119. The van der Waals surface area contributed by atoms with Crippen molar-refractivity contribution in [2.75, 3.05) is 18.9 Å². The topological polar surface area (TPSA) is 104 Å². The second-order valence-electron chi connectivity index (χ2n) is 6.75. The average molecular weight is 454 g/mol. The molecule has 152 valence electrons. The highest BCUT2D eigenvalue weighted by atomic mass is 35.5. The van der Waals surface area contributed by atoms with Gasteiger partial charge in [0.1, 0.15) is 10.3 Å². The largest absolute Gasteiger partial charge is 0.325 e. The van der Waals surface area contributed by atoms with Crippen molar-refractivity contribution in [3.8, 4) is 0 Å². The Balaban J connectivity index is 1.56. The Morgan fingerprint density at radius 3 is 2.59 bits per heavy atom. The quantitative estimate of drug-likeness (QED) is 0.716. The molecule has 2 aliphatic rings. The van der Waals surface area contributed by atoms with Gasteiger partial charge in [0.15, 0.2) is 0 Å². The number of nitrogens with zero attached hydrogens (tertiary/aromatic N) is 2. The molecule has 1 saturated heterocycles. The molecule has 1 N–H and O–H groups in total. The smallest absolute Gasteiger partial charge is 0.261 e. The van der Waals surface area contributed by atoms with Gasteiger partial charge in [0.2, 0.25) is 5.91 Å². The number of rotatable bonds is 4. The van der Waals surface area contributed by atoms with Gasteiger partial charge in [0.25, 0.3) is 21.8 Å². The van der Waals surface area contributed by atoms with E-state index in [-0.39, 0.29) is 21.9 Å². The minimum Gasteiger partial charge on any atom is -0.325 e. The first-order chi connectivity index (χ1) is 13.7. The van der Waals surface area contributed by atoms with E-state index in [2.05, 4.69) is 5.32 Å². The van der Waals surface area contributed by atoms with Gasteiger partial charge < -0.3 is 5.32 Å². The van der Waals surface area contributed by atoms with Crippen molar-refractivity contribution in [3.63, 3.8) is 0 Å². The zero-order valence-electron chi connectivity index (χ0n) is 15.2. The van der Waals surface area contributed by atoms with Crippen molar-refractivity contribution in [2.45, 2.75) is 23.1 Å². The molecular formula is C18H16ClN3O5S2. The standard InChI is InChI=1S/C18H16ClN3O5S2/c1-21-17(24)11-5-4-10(9-12(11)18(21)25)20-16(23)13-3-2-8-22(13)29(26,27)15-7-6-14(19)28-15/h4-7,9,13H,2-3,8H2,1H3,(H,20,23). The first-order valence-electron chi connectivity index (χ1n) is 8.74. The summed E-state index contributed by atoms with van der Waals surface area (Å²) in [6, 6.07) is 6.50. The van der Waals surface area contributed by atoms with Crippen LogP contribution >= 0.6 is 22.9 Å². The monoisotopic (exact) mass is 453 g/mol. The van der Waals surface area contributed by atoms with Crippen molar-refractivity contribution in [2.24, 2.45) is 0 Å². The maximum atomic E-state index is 12.9. The number of halogens is 1. The SMILES string of the molecule is CN1C(=O)c2ccc(NC(=O)C3CCCN3S(=O)(=O)c3ccc(Cl)s3)cc2C1=O. The number of benzene rings is 1. The van der Waals surface area contributed by atoms with E-state index in [1.54, 1.807) is 0 Å². The molecule has 1 atom stereocenters. The van der Waals surface area contributed by atoms with Crippen molar-refractivity contribution in [1.82, 2.24) is 9.21 Å². The van der Waals surface area contributed by atoms with Crippen LogP contribution in [0.5, 0.6) is 0 Å². The number of sulfonamides is 1. The molecule has 29 heavy (non-hydrogen) atoms. The minimum absolute atomic E-state index is 0.0897. The number of amides is 3. The number of carbonyl (C=O) groups excluding carboxylic acids is 3. The van der Waals surface area contributed by atoms with E-state index in [4.69, 9.17) is 11.6 Å². The third-order valence-corrected chi connectivity index (χ3v) is 8.58. The van der Waals surface area contributed by atoms with Crippen LogP contribution in [0.2, 0.25) is 4.34 Å². The number of anilines is 1. The number of fused-ring (bicyclic) bond motifs is 1. The van der Waals surface area contributed by atoms with Crippen LogP contribution in [0.1, 0.15) is 33.6 Å². The predicted molar refractivity (Wildman–Crippen MR) is 108 cm³/mol. The highest BCUT2D eigenvalue weighted by Gasteiger charge is 2.40. The third-order valence-electron chi connectivity index (χ3n) is 4.98. The van der Waals surface area contributed by atoms with E-state index >= 15 is 0 Å². The van der Waals surface area contributed by atoms with Crippen LogP contribution in [0, 0.1) is 0 Å². The first kappa shape index (κ1) is 20.0. The molecule has 3 heterocycles. The zero-order valence-corrected chi connectivity index (χ0v) is 17.6. The molecule has 0 saturated carbocycles. The van der Waals surface area contributed by atoms with E-state index in [1.807, 2.05) is 0 Å². The third kappa shape index (κ3) is 3.35. The van der Waals surface area contributed by atoms with Gasteiger partial charge in [-0.3, -0.25) is 19.3 Å². The Bertz CT molecular complexity index is 1140. The molecule has 4 rings (SSSR count). The van der Waals surface area contributed by atoms with E-state index in [1.165, 1.54) is 41.7 Å². The molecule has 2 aromatic rings. The number of hydrogen-bond acceptors (Lipinski definition) is 6. The van der Waals surface area contributed by atoms with Crippen LogP contribution in [0.4, 0.5) is 5.69 Å². The van der Waals surface area contributed by atoms with Crippen LogP contribution in [0.3, 0.4) is 0 Å². The molecule has 1 aromatic carbocycles. The molecule has 0 radical (unpaired) electrons. The summed E-state index contributed by atoms with van der Waals surface area (Å²) in [7, 11) is -2.45. The first-order valence-corrected chi connectivity index (χ1v) is 11.4. The fraction of sp³-hybridized carbons (Fsp3) is 0.278. The molecule has 1 unspecified atom stereocenters. The van der Waals surface area contributed by atoms with Crippen molar-refractivity contribution < 1.29 is 22.8 Å². The minimum atomic E-state index is -3.84. The van der Waals surface area contributed by atoms with Crippen LogP contribution in [0.25, 0.3) is 0 Å². The van der Waals surface area contributed by atoms with Gasteiger partial charge in [-0.2, -0.15) is 4.31 Å². The molecule has 0 spiro atoms. The Morgan fingerprint density at radius 2 is 1.90 bits per heavy atom. The van der Waals surface area contributed by atoms with Gasteiger partial charge in [0.05, 0.1) is 15.5 Å². The average Bonchev–Trinajstić information content (AvgIpc) is 3.39. The fourth-order valence-electron chi connectivity index (χ4n) is 3.51. The van der Waals surface area contributed by atoms with Gasteiger partial charge in [-0.25, -0.2) is 8.42 Å². The number of thiophene rings is 1. The van der Waals surface area contributed by atoms with Crippen LogP contribution in [-0.4, -0.2) is 55.0 Å². The highest BCUT2D eigenvalue weighted by Crippen LogP contribution is 2.33. The van der Waals surface area contributed by atoms with Crippen LogP contribution in [-0.2, 0) is 14.8 Å². The van der Waals surface area contributed by atoms with Crippen molar-refractivity contribution in [1.29, 1.82) is 0 Å². The number of nitrogens with one attached hydrogen (secondary N) is 1. The van der Waals surface area contributed by atoms with E-state index < -0.39 is 33.8 Å². The number of hydrogen-bond donors (Lipinski definition) is 1. The maximum absolute atomic E-state index is 12.9. The lowest BCUT2D eigenvalue weighted by Gasteiger charge is -2.22. The van der Waals surface area contributed by atoms with E-state index in [0.29, 0.717) is 22.9 Å². The zero-order chi connectivity index (χ0) is 20.9. The van der Waals surface area contributed by atoms with Gasteiger partial charge in [0, 0.05) is 19.3 Å². The Labute approximate surface area is 176 Å². The van der Waals surface area contributed by atoms with Crippen molar-refractivity contribution in [3.05, 3.63) is 45.8 Å². The molecular weight excluding hydrogens is 438 g/mol. The molecule has 11 heteroatoms. The summed E-state index contributed by atoms with van der Waals surface area (Å²) in [6.07, 6.45) is 0.938. The molecule has 1 fully saturated rings. The lowest BCUT2D eigenvalue weighted by Crippen LogP contribution is -2.42. The van der Waals surface area contributed by atoms with Gasteiger partial charge in [-0.1, -0.05) is 11.6 Å².